The van der Waals surface area contributed by atoms with Crippen LogP contribution in [0.1, 0.15) is 5.82 Å². The third kappa shape index (κ3) is 2.36. The van der Waals surface area contributed by atoms with Crippen molar-refractivity contribution in [2.75, 3.05) is 6.54 Å². The number of nitrogens with zero attached hydrogens (tertiary/aromatic N) is 2. The van der Waals surface area contributed by atoms with Crippen LogP contribution >= 0.6 is 23.2 Å². The molecule has 2 rings (SSSR count). The van der Waals surface area contributed by atoms with Crippen LogP contribution in [0.2, 0.25) is 10.0 Å². The highest BCUT2D eigenvalue weighted by molar-refractivity contribution is 6.34. The van der Waals surface area contributed by atoms with Crippen LogP contribution in [-0.2, 0) is 6.42 Å². The third-order valence-corrected chi connectivity index (χ3v) is 2.81. The average molecular weight is 273 g/mol. The van der Waals surface area contributed by atoms with Crippen LogP contribution in [0.3, 0.4) is 0 Å². The molecule has 0 saturated carbocycles. The molecule has 2 aromatic rings. The minimum absolute atomic E-state index is 0.363. The first-order chi connectivity index (χ1) is 8.13. The minimum atomic E-state index is -0.363. The predicted octanol–water partition coefficient (Wildman–Crippen LogP) is 1.37. The summed E-state index contributed by atoms with van der Waals surface area (Å²) in [7, 11) is 0. The van der Waals surface area contributed by atoms with Gasteiger partial charge in [-0.3, -0.25) is 0 Å². The number of H-pyrrole nitrogens is 1. The van der Waals surface area contributed by atoms with Gasteiger partial charge in [-0.2, -0.15) is 5.10 Å². The molecule has 0 bridgehead atoms. The number of hydrogen-bond donors (Lipinski definition) is 2. The lowest BCUT2D eigenvalue weighted by Gasteiger charge is -2.07. The number of nitrogens with one attached hydrogen (secondary N) is 1. The van der Waals surface area contributed by atoms with E-state index in [2.05, 4.69) is 10.2 Å². The molecule has 17 heavy (non-hydrogen) atoms. The fourth-order valence-corrected chi connectivity index (χ4v) is 1.90. The van der Waals surface area contributed by atoms with Crippen molar-refractivity contribution in [1.82, 2.24) is 14.8 Å². The molecule has 0 aliphatic heterocycles. The first-order valence-electron chi connectivity index (χ1n) is 4.95. The molecule has 1 aromatic carbocycles. The van der Waals surface area contributed by atoms with Crippen LogP contribution in [0.25, 0.3) is 5.69 Å². The lowest BCUT2D eigenvalue weighted by molar-refractivity contribution is 0.824. The van der Waals surface area contributed by atoms with E-state index in [1.165, 1.54) is 4.57 Å². The Balaban J connectivity index is 2.63. The molecule has 0 unspecified atom stereocenters. The van der Waals surface area contributed by atoms with Crippen molar-refractivity contribution in [3.8, 4) is 5.69 Å². The van der Waals surface area contributed by atoms with Gasteiger partial charge in [-0.1, -0.05) is 23.2 Å². The monoisotopic (exact) mass is 272 g/mol. The van der Waals surface area contributed by atoms with E-state index in [1.807, 2.05) is 0 Å². The Morgan fingerprint density at radius 2 is 2.18 bits per heavy atom. The van der Waals surface area contributed by atoms with E-state index in [1.54, 1.807) is 18.2 Å². The summed E-state index contributed by atoms with van der Waals surface area (Å²) in [4.78, 5) is 11.7. The Morgan fingerprint density at radius 1 is 1.41 bits per heavy atom. The predicted molar refractivity (Wildman–Crippen MR) is 67.0 cm³/mol. The lowest BCUT2D eigenvalue weighted by atomic mass is 10.3. The highest BCUT2D eigenvalue weighted by atomic mass is 35.5. The Bertz CT molecular complexity index is 590. The Hall–Kier alpha value is -1.30. The van der Waals surface area contributed by atoms with Crippen molar-refractivity contribution >= 4 is 23.2 Å². The van der Waals surface area contributed by atoms with E-state index in [-0.39, 0.29) is 5.69 Å². The zero-order valence-corrected chi connectivity index (χ0v) is 10.3. The number of hydrogen-bond acceptors (Lipinski definition) is 3. The average Bonchev–Trinajstić information content (AvgIpc) is 2.64. The summed E-state index contributed by atoms with van der Waals surface area (Å²) in [5, 5.41) is 7.19. The van der Waals surface area contributed by atoms with Gasteiger partial charge in [0.15, 0.2) is 0 Å². The first kappa shape index (κ1) is 12.2. The van der Waals surface area contributed by atoms with Gasteiger partial charge >= 0.3 is 5.69 Å². The topological polar surface area (TPSA) is 76.7 Å². The second-order valence-electron chi connectivity index (χ2n) is 3.41. The third-order valence-electron chi connectivity index (χ3n) is 2.26. The molecule has 90 valence electrons. The van der Waals surface area contributed by atoms with Crippen molar-refractivity contribution in [3.05, 3.63) is 44.6 Å². The summed E-state index contributed by atoms with van der Waals surface area (Å²) in [5.74, 6) is 0.529. The molecular formula is C10H10Cl2N4O. The van der Waals surface area contributed by atoms with Gasteiger partial charge in [0.2, 0.25) is 0 Å². The zero-order valence-electron chi connectivity index (χ0n) is 8.78. The first-order valence-corrected chi connectivity index (χ1v) is 5.71. The van der Waals surface area contributed by atoms with Crippen molar-refractivity contribution < 1.29 is 0 Å². The molecule has 1 aromatic heterocycles. The second kappa shape index (κ2) is 4.91. The molecule has 0 spiro atoms. The summed E-state index contributed by atoms with van der Waals surface area (Å²) in [5.41, 5.74) is 5.59. The van der Waals surface area contributed by atoms with Crippen LogP contribution in [0, 0.1) is 0 Å². The summed E-state index contributed by atoms with van der Waals surface area (Å²) in [6.45, 7) is 0.391. The standard InChI is InChI=1S/C10H10Cl2N4O/c11-6-1-2-7(12)8(5-6)16-9(3-4-13)14-15-10(16)17/h1-2,5H,3-4,13H2,(H,15,17). The molecule has 5 nitrogen and oxygen atoms in total. The Kier molecular flexibility index (Phi) is 3.51. The number of nitrogens with two attached hydrogens (primary N) is 1. The number of aromatic amines is 1. The summed E-state index contributed by atoms with van der Waals surface area (Å²) in [6, 6.07) is 4.90. The molecule has 0 aliphatic carbocycles. The van der Waals surface area contributed by atoms with Gasteiger partial charge in [-0.15, -0.1) is 0 Å². The maximum atomic E-state index is 11.7. The number of aromatic nitrogens is 3. The molecule has 0 aliphatic rings. The molecule has 1 heterocycles. The molecule has 3 N–H and O–H groups in total. The van der Waals surface area contributed by atoms with E-state index in [0.717, 1.165) is 0 Å². The Morgan fingerprint density at radius 3 is 2.88 bits per heavy atom. The molecule has 0 saturated heterocycles. The molecule has 7 heteroatoms. The van der Waals surface area contributed by atoms with Gasteiger partial charge in [-0.05, 0) is 24.7 Å². The van der Waals surface area contributed by atoms with Crippen LogP contribution in [0.5, 0.6) is 0 Å². The van der Waals surface area contributed by atoms with Crippen LogP contribution in [0.4, 0.5) is 0 Å². The van der Waals surface area contributed by atoms with Crippen molar-refractivity contribution in [3.63, 3.8) is 0 Å². The quantitative estimate of drug-likeness (QED) is 0.886. The maximum Gasteiger partial charge on any atom is 0.347 e. The van der Waals surface area contributed by atoms with E-state index in [0.29, 0.717) is 34.5 Å². The SMILES string of the molecule is NCCc1n[nH]c(=O)n1-c1cc(Cl)ccc1Cl. The normalized spacial score (nSPS) is 10.8. The smallest absolute Gasteiger partial charge is 0.330 e. The van der Waals surface area contributed by atoms with E-state index >= 15 is 0 Å². The number of benzene rings is 1. The molecule has 0 amide bonds. The van der Waals surface area contributed by atoms with Gasteiger partial charge in [-0.25, -0.2) is 14.5 Å². The summed E-state index contributed by atoms with van der Waals surface area (Å²) < 4.78 is 1.38. The highest BCUT2D eigenvalue weighted by Gasteiger charge is 2.12. The number of rotatable bonds is 3. The maximum absolute atomic E-state index is 11.7. The van der Waals surface area contributed by atoms with Crippen molar-refractivity contribution in [2.24, 2.45) is 5.73 Å². The van der Waals surface area contributed by atoms with Crippen LogP contribution < -0.4 is 11.4 Å². The summed E-state index contributed by atoms with van der Waals surface area (Å²) >= 11 is 11.9. The van der Waals surface area contributed by atoms with Crippen molar-refractivity contribution in [1.29, 1.82) is 0 Å². The minimum Gasteiger partial charge on any atom is -0.330 e. The molecular weight excluding hydrogens is 263 g/mol. The summed E-state index contributed by atoms with van der Waals surface area (Å²) in [6.07, 6.45) is 0.474. The molecule has 0 radical (unpaired) electrons. The van der Waals surface area contributed by atoms with Crippen LogP contribution in [-0.4, -0.2) is 21.3 Å². The molecule has 0 fully saturated rings. The van der Waals surface area contributed by atoms with E-state index < -0.39 is 0 Å². The largest absolute Gasteiger partial charge is 0.347 e. The zero-order chi connectivity index (χ0) is 12.4. The van der Waals surface area contributed by atoms with Gasteiger partial charge in [0, 0.05) is 11.4 Å². The fourth-order valence-electron chi connectivity index (χ4n) is 1.53. The van der Waals surface area contributed by atoms with Gasteiger partial charge in [0.05, 0.1) is 10.7 Å². The van der Waals surface area contributed by atoms with Crippen LogP contribution in [0.15, 0.2) is 23.0 Å². The number of halogens is 2. The van der Waals surface area contributed by atoms with Crippen molar-refractivity contribution in [2.45, 2.75) is 6.42 Å². The van der Waals surface area contributed by atoms with E-state index in [9.17, 15) is 4.79 Å². The lowest BCUT2D eigenvalue weighted by Crippen LogP contribution is -2.18. The van der Waals surface area contributed by atoms with Gasteiger partial charge in [0.1, 0.15) is 5.82 Å². The van der Waals surface area contributed by atoms with Gasteiger partial charge in [0.25, 0.3) is 0 Å². The fraction of sp³-hybridized carbons (Fsp3) is 0.200. The highest BCUT2D eigenvalue weighted by Crippen LogP contribution is 2.23. The second-order valence-corrected chi connectivity index (χ2v) is 4.26. The van der Waals surface area contributed by atoms with Gasteiger partial charge < -0.3 is 5.73 Å². The van der Waals surface area contributed by atoms with E-state index in [4.69, 9.17) is 28.9 Å². The molecule has 0 atom stereocenters. The Labute approximate surface area is 107 Å².